The van der Waals surface area contributed by atoms with E-state index >= 15 is 0 Å². The van der Waals surface area contributed by atoms with Crippen LogP contribution in [0.4, 0.5) is 5.69 Å². The molecule has 0 spiro atoms. The highest BCUT2D eigenvalue weighted by molar-refractivity contribution is 7.89. The highest BCUT2D eigenvalue weighted by Crippen LogP contribution is 2.50. The largest absolute Gasteiger partial charge is 0.489 e. The number of hydrogen-bond acceptors (Lipinski definition) is 12. The fourth-order valence-electron chi connectivity index (χ4n) is 6.63. The van der Waals surface area contributed by atoms with Crippen molar-refractivity contribution in [3.05, 3.63) is 129 Å². The third-order valence-electron chi connectivity index (χ3n) is 9.34. The van der Waals surface area contributed by atoms with Crippen LogP contribution in [0.1, 0.15) is 72.9 Å². The van der Waals surface area contributed by atoms with E-state index in [9.17, 15) is 38.0 Å². The number of nitrogens with one attached hydrogen (secondary N) is 1. The van der Waals surface area contributed by atoms with Gasteiger partial charge >= 0.3 is 11.9 Å². The highest BCUT2D eigenvalue weighted by atomic mass is 32.2. The number of aliphatic hydroxyl groups is 1. The number of nitrogens with zero attached hydrogens (tertiary/aromatic N) is 2. The summed E-state index contributed by atoms with van der Waals surface area (Å²) in [6, 6.07) is 24.9. The quantitative estimate of drug-likeness (QED) is 0.0491. The molecule has 5 rings (SSSR count). The molecule has 2 N–H and O–H groups in total. The van der Waals surface area contributed by atoms with Crippen molar-refractivity contribution in [2.75, 3.05) is 33.4 Å². The van der Waals surface area contributed by atoms with E-state index in [0.717, 1.165) is 24.8 Å². The number of fused-ring (bicyclic) bond motifs is 1. The lowest BCUT2D eigenvalue weighted by molar-refractivity contribution is -0.387. The molecule has 0 saturated carbocycles. The Kier molecular flexibility index (Phi) is 14.7. The predicted molar refractivity (Wildman–Crippen MR) is 207 cm³/mol. The van der Waals surface area contributed by atoms with Gasteiger partial charge in [0.1, 0.15) is 30.1 Å². The van der Waals surface area contributed by atoms with Crippen molar-refractivity contribution in [2.45, 2.75) is 62.2 Å². The number of unbranched alkanes of at least 4 members (excludes halogenated alkanes) is 1. The first-order valence-electron chi connectivity index (χ1n) is 18.3. The number of rotatable bonds is 20. The number of benzene rings is 4. The van der Waals surface area contributed by atoms with Gasteiger partial charge < -0.3 is 29.0 Å². The van der Waals surface area contributed by atoms with Crippen LogP contribution in [-0.2, 0) is 40.5 Å². The molecule has 1 aliphatic rings. The fraction of sp³-hybridized carbons (Fsp3) is 0.341. The Bertz CT molecular complexity index is 2130. The van der Waals surface area contributed by atoms with E-state index in [0.29, 0.717) is 42.7 Å². The smallest absolute Gasteiger partial charge is 0.307 e. The van der Waals surface area contributed by atoms with Crippen molar-refractivity contribution in [2.24, 2.45) is 0 Å². The van der Waals surface area contributed by atoms with Gasteiger partial charge in [-0.25, -0.2) is 13.1 Å². The van der Waals surface area contributed by atoms with Gasteiger partial charge in [0.05, 0.1) is 31.1 Å². The number of carbonyl (C=O) groups excluding carboxylic acids is 3. The van der Waals surface area contributed by atoms with Crippen LogP contribution in [-0.4, -0.2) is 74.6 Å². The Morgan fingerprint density at radius 3 is 2.32 bits per heavy atom. The van der Waals surface area contributed by atoms with Crippen molar-refractivity contribution in [1.29, 1.82) is 0 Å². The zero-order chi connectivity index (χ0) is 41.0. The SMILES string of the molecule is COC(=O)C[C@H](NS(=O)(=O)c1ccccc1[N+](=O)[O-])c1cccc2c1[C@@H](C(=O)N(CCCCO)CCCOC(C)=O)[C@H](c1ccc(OCc3ccccc3)cc1)O2. The number of aliphatic hydroxyl groups excluding tert-OH is 1. The molecule has 15 nitrogen and oxygen atoms in total. The zero-order valence-electron chi connectivity index (χ0n) is 31.6. The van der Waals surface area contributed by atoms with Crippen molar-refractivity contribution >= 4 is 33.6 Å². The van der Waals surface area contributed by atoms with Crippen LogP contribution in [0.5, 0.6) is 11.5 Å². The second kappa shape index (κ2) is 19.8. The average Bonchev–Trinajstić information content (AvgIpc) is 3.61. The van der Waals surface area contributed by atoms with Crippen LogP contribution in [0.3, 0.4) is 0 Å². The summed E-state index contributed by atoms with van der Waals surface area (Å²) >= 11 is 0. The van der Waals surface area contributed by atoms with E-state index < -0.39 is 67.9 Å². The summed E-state index contributed by atoms with van der Waals surface area (Å²) in [7, 11) is -3.51. The third-order valence-corrected chi connectivity index (χ3v) is 10.9. The molecule has 0 bridgehead atoms. The number of esters is 2. The van der Waals surface area contributed by atoms with Crippen molar-refractivity contribution < 1.29 is 51.8 Å². The van der Waals surface area contributed by atoms with Gasteiger partial charge in [0.2, 0.25) is 15.9 Å². The molecule has 16 heteroatoms. The zero-order valence-corrected chi connectivity index (χ0v) is 32.4. The molecular weight excluding hydrogens is 759 g/mol. The molecule has 1 heterocycles. The summed E-state index contributed by atoms with van der Waals surface area (Å²) in [5.41, 5.74) is 1.44. The van der Waals surface area contributed by atoms with Crippen LogP contribution in [0.15, 0.2) is 102 Å². The number of ether oxygens (including phenoxy) is 4. The maximum Gasteiger partial charge on any atom is 0.307 e. The van der Waals surface area contributed by atoms with Crippen molar-refractivity contribution in [1.82, 2.24) is 9.62 Å². The number of amides is 1. The first kappa shape index (κ1) is 42.3. The van der Waals surface area contributed by atoms with Gasteiger partial charge in [-0.05, 0) is 60.2 Å². The van der Waals surface area contributed by atoms with Crippen LogP contribution < -0.4 is 14.2 Å². The fourth-order valence-corrected chi connectivity index (χ4v) is 8.02. The normalized spacial score (nSPS) is 15.1. The van der Waals surface area contributed by atoms with Crippen LogP contribution in [0, 0.1) is 10.1 Å². The number of para-hydroxylation sites is 1. The highest BCUT2D eigenvalue weighted by Gasteiger charge is 2.45. The number of methoxy groups -OCH3 is 1. The van der Waals surface area contributed by atoms with Gasteiger partial charge in [-0.2, -0.15) is 0 Å². The monoisotopic (exact) mass is 803 g/mol. The number of nitro groups is 1. The molecule has 1 aliphatic heterocycles. The molecule has 4 aromatic rings. The lowest BCUT2D eigenvalue weighted by Gasteiger charge is -2.29. The summed E-state index contributed by atoms with van der Waals surface area (Å²) in [5, 5.41) is 21.4. The van der Waals surface area contributed by atoms with Gasteiger partial charge in [0.25, 0.3) is 5.69 Å². The Labute approximate surface area is 330 Å². The molecule has 0 saturated heterocycles. The minimum atomic E-state index is -4.66. The van der Waals surface area contributed by atoms with Gasteiger partial charge in [-0.1, -0.05) is 66.7 Å². The summed E-state index contributed by atoms with van der Waals surface area (Å²) in [5.74, 6) is -1.91. The summed E-state index contributed by atoms with van der Waals surface area (Å²) in [4.78, 5) is 51.3. The number of carbonyl (C=O) groups is 3. The predicted octanol–water partition coefficient (Wildman–Crippen LogP) is 5.53. The molecule has 0 fully saturated rings. The Morgan fingerprint density at radius 2 is 1.63 bits per heavy atom. The average molecular weight is 804 g/mol. The Morgan fingerprint density at radius 1 is 0.930 bits per heavy atom. The van der Waals surface area contributed by atoms with Gasteiger partial charge in [0.15, 0.2) is 4.90 Å². The van der Waals surface area contributed by atoms with Gasteiger partial charge in [0, 0.05) is 38.2 Å². The first-order valence-corrected chi connectivity index (χ1v) is 19.8. The van der Waals surface area contributed by atoms with E-state index in [1.165, 1.54) is 19.1 Å². The van der Waals surface area contributed by atoms with Crippen LogP contribution in [0.25, 0.3) is 0 Å². The molecule has 0 radical (unpaired) electrons. The third kappa shape index (κ3) is 10.9. The van der Waals surface area contributed by atoms with Crippen molar-refractivity contribution in [3.8, 4) is 11.5 Å². The second-order valence-electron chi connectivity index (χ2n) is 13.2. The van der Waals surface area contributed by atoms with E-state index in [1.54, 1.807) is 47.4 Å². The van der Waals surface area contributed by atoms with E-state index in [4.69, 9.17) is 18.9 Å². The Hall–Kier alpha value is -5.84. The van der Waals surface area contributed by atoms with Crippen molar-refractivity contribution in [3.63, 3.8) is 0 Å². The minimum Gasteiger partial charge on any atom is -0.489 e. The first-order chi connectivity index (χ1) is 27.4. The maximum absolute atomic E-state index is 15.0. The Balaban J connectivity index is 1.58. The molecule has 302 valence electrons. The lowest BCUT2D eigenvalue weighted by Crippen LogP contribution is -2.39. The molecule has 0 aliphatic carbocycles. The number of sulfonamides is 1. The van der Waals surface area contributed by atoms with E-state index in [2.05, 4.69) is 4.72 Å². The van der Waals surface area contributed by atoms with Gasteiger partial charge in [-0.15, -0.1) is 0 Å². The molecule has 4 aromatic carbocycles. The second-order valence-corrected chi connectivity index (χ2v) is 14.9. The molecule has 1 amide bonds. The summed E-state index contributed by atoms with van der Waals surface area (Å²) in [6.45, 7) is 2.00. The van der Waals surface area contributed by atoms with E-state index in [-0.39, 0.29) is 37.6 Å². The molecule has 3 atom stereocenters. The molecule has 0 aromatic heterocycles. The van der Waals surface area contributed by atoms with E-state index in [1.807, 2.05) is 30.3 Å². The minimum absolute atomic E-state index is 0.0601. The number of hydrogen-bond donors (Lipinski definition) is 2. The topological polar surface area (TPSA) is 201 Å². The van der Waals surface area contributed by atoms with Crippen LogP contribution >= 0.6 is 0 Å². The summed E-state index contributed by atoms with van der Waals surface area (Å²) in [6.07, 6.45) is -0.286. The lowest BCUT2D eigenvalue weighted by atomic mass is 9.84. The molecular formula is C41H45N3O12S. The molecule has 57 heavy (non-hydrogen) atoms. The number of nitro benzene ring substituents is 1. The van der Waals surface area contributed by atoms with Gasteiger partial charge in [-0.3, -0.25) is 24.5 Å². The maximum atomic E-state index is 15.0. The molecule has 0 unspecified atom stereocenters. The summed E-state index contributed by atoms with van der Waals surface area (Å²) < 4.78 is 52.9. The van der Waals surface area contributed by atoms with Crippen LogP contribution in [0.2, 0.25) is 0 Å². The standard InChI is InChI=1S/C41H45N3O12S/c1-28(46)54-25-11-23-43(22-8-9-24-45)41(48)39-38-32(33(26-37(47)53-2)42-57(51,52)36-17-7-6-15-34(36)44(49)50)14-10-16-35(38)56-40(39)30-18-20-31(21-19-30)55-27-29-12-4-3-5-13-29/h3-7,10,12-21,33,39-40,42,45H,8-9,11,22-27H2,1-2H3/t33-,39+,40-/m0/s1.